The molecule has 32 heavy (non-hydrogen) atoms. The van der Waals surface area contributed by atoms with Gasteiger partial charge in [0.25, 0.3) is 11.6 Å². The molecular formula is C21H20ClN3O7. The van der Waals surface area contributed by atoms with Crippen LogP contribution < -0.4 is 14.4 Å². The lowest BCUT2D eigenvalue weighted by Crippen LogP contribution is -2.35. The Balaban J connectivity index is 2.26. The molecule has 0 spiro atoms. The maximum atomic E-state index is 12.8. The number of carbonyl (C=O) groups is 2. The second-order valence-electron chi connectivity index (χ2n) is 6.44. The number of nitriles is 1. The Morgan fingerprint density at radius 3 is 2.41 bits per heavy atom. The first-order valence-electron chi connectivity index (χ1n) is 9.24. The van der Waals surface area contributed by atoms with Gasteiger partial charge in [-0.3, -0.25) is 14.9 Å². The molecule has 0 N–H and O–H groups in total. The van der Waals surface area contributed by atoms with Gasteiger partial charge in [-0.1, -0.05) is 11.6 Å². The van der Waals surface area contributed by atoms with E-state index < -0.39 is 34.7 Å². The van der Waals surface area contributed by atoms with Gasteiger partial charge in [-0.25, -0.2) is 4.79 Å². The SMILES string of the molecule is COc1cc(C(=O)OCC(=O)N(CCC#N)c2ccc(Cl)c(C)c2)c([N+](=O)[O-])cc1OC. The summed E-state index contributed by atoms with van der Waals surface area (Å²) in [6, 6.07) is 8.98. The van der Waals surface area contributed by atoms with Crippen LogP contribution in [-0.2, 0) is 9.53 Å². The highest BCUT2D eigenvalue weighted by Gasteiger charge is 2.27. The van der Waals surface area contributed by atoms with E-state index in [1.807, 2.05) is 6.07 Å². The zero-order valence-electron chi connectivity index (χ0n) is 17.6. The van der Waals surface area contributed by atoms with Crippen LogP contribution in [-0.4, -0.2) is 44.2 Å². The summed E-state index contributed by atoms with van der Waals surface area (Å²) in [6.45, 7) is 1.12. The number of carbonyl (C=O) groups excluding carboxylic acids is 2. The Kier molecular flexibility index (Phi) is 8.38. The number of amides is 1. The molecule has 2 rings (SSSR count). The van der Waals surface area contributed by atoms with E-state index in [0.29, 0.717) is 10.7 Å². The van der Waals surface area contributed by atoms with Crippen molar-refractivity contribution in [2.45, 2.75) is 13.3 Å². The Hall–Kier alpha value is -3.84. The molecule has 0 unspecified atom stereocenters. The second-order valence-corrected chi connectivity index (χ2v) is 6.85. The van der Waals surface area contributed by atoms with Crippen LogP contribution >= 0.6 is 11.6 Å². The number of nitrogens with zero attached hydrogens (tertiary/aromatic N) is 3. The van der Waals surface area contributed by atoms with Crippen LogP contribution in [0.15, 0.2) is 30.3 Å². The maximum absolute atomic E-state index is 12.8. The molecule has 0 bridgehead atoms. The average Bonchev–Trinajstić information content (AvgIpc) is 2.78. The first-order chi connectivity index (χ1) is 15.2. The smallest absolute Gasteiger partial charge is 0.345 e. The molecule has 0 atom stereocenters. The number of esters is 1. The molecular weight excluding hydrogens is 442 g/mol. The normalized spacial score (nSPS) is 10.1. The van der Waals surface area contributed by atoms with Crippen LogP contribution in [0.25, 0.3) is 0 Å². The number of rotatable bonds is 9. The van der Waals surface area contributed by atoms with Gasteiger partial charge in [-0.15, -0.1) is 0 Å². The van der Waals surface area contributed by atoms with Crippen LogP contribution in [0, 0.1) is 28.4 Å². The topological polar surface area (TPSA) is 132 Å². The fourth-order valence-corrected chi connectivity index (χ4v) is 2.94. The largest absolute Gasteiger partial charge is 0.493 e. The number of ether oxygens (including phenoxy) is 3. The third-order valence-electron chi connectivity index (χ3n) is 4.45. The lowest BCUT2D eigenvalue weighted by Gasteiger charge is -2.22. The Morgan fingerprint density at radius 1 is 1.19 bits per heavy atom. The molecule has 0 aliphatic rings. The van der Waals surface area contributed by atoms with E-state index in [0.717, 1.165) is 17.7 Å². The van der Waals surface area contributed by atoms with Crippen molar-refractivity contribution in [1.29, 1.82) is 5.26 Å². The minimum Gasteiger partial charge on any atom is -0.493 e. The number of nitro benzene ring substituents is 1. The van der Waals surface area contributed by atoms with E-state index in [9.17, 15) is 19.7 Å². The van der Waals surface area contributed by atoms with Gasteiger partial charge in [0.1, 0.15) is 5.56 Å². The van der Waals surface area contributed by atoms with E-state index in [2.05, 4.69) is 0 Å². The van der Waals surface area contributed by atoms with E-state index >= 15 is 0 Å². The highest BCUT2D eigenvalue weighted by molar-refractivity contribution is 6.31. The van der Waals surface area contributed by atoms with E-state index in [4.69, 9.17) is 31.1 Å². The predicted octanol–water partition coefficient (Wildman–Crippen LogP) is 3.68. The number of hydrogen-bond acceptors (Lipinski definition) is 8. The van der Waals surface area contributed by atoms with E-state index in [1.54, 1.807) is 25.1 Å². The summed E-state index contributed by atoms with van der Waals surface area (Å²) in [5.41, 5.74) is 0.235. The molecule has 168 valence electrons. The van der Waals surface area contributed by atoms with Gasteiger partial charge in [0, 0.05) is 23.3 Å². The second kappa shape index (κ2) is 11.0. The Labute approximate surface area is 189 Å². The first-order valence-corrected chi connectivity index (χ1v) is 9.62. The number of halogens is 1. The summed E-state index contributed by atoms with van der Waals surface area (Å²) < 4.78 is 15.1. The molecule has 0 fully saturated rings. The Morgan fingerprint density at radius 2 is 1.84 bits per heavy atom. The van der Waals surface area contributed by atoms with Crippen molar-refractivity contribution < 1.29 is 28.7 Å². The number of methoxy groups -OCH3 is 2. The number of aryl methyl sites for hydroxylation is 1. The molecule has 10 nitrogen and oxygen atoms in total. The number of nitro groups is 1. The van der Waals surface area contributed by atoms with Crippen molar-refractivity contribution in [2.75, 3.05) is 32.3 Å². The van der Waals surface area contributed by atoms with Crippen LogP contribution in [0.5, 0.6) is 11.5 Å². The first kappa shape index (κ1) is 24.4. The van der Waals surface area contributed by atoms with E-state index in [1.165, 1.54) is 19.1 Å². The number of benzene rings is 2. The summed E-state index contributed by atoms with van der Waals surface area (Å²) >= 11 is 6.03. The maximum Gasteiger partial charge on any atom is 0.345 e. The average molecular weight is 462 g/mol. The van der Waals surface area contributed by atoms with E-state index in [-0.39, 0.29) is 24.5 Å². The van der Waals surface area contributed by atoms with Crippen molar-refractivity contribution in [3.63, 3.8) is 0 Å². The van der Waals surface area contributed by atoms with Gasteiger partial charge in [0.15, 0.2) is 18.1 Å². The molecule has 0 saturated carbocycles. The van der Waals surface area contributed by atoms with Gasteiger partial charge >= 0.3 is 5.97 Å². The summed E-state index contributed by atoms with van der Waals surface area (Å²) in [5, 5.41) is 20.8. The summed E-state index contributed by atoms with van der Waals surface area (Å²) in [7, 11) is 2.61. The van der Waals surface area contributed by atoms with Crippen molar-refractivity contribution >= 4 is 34.9 Å². The summed E-state index contributed by atoms with van der Waals surface area (Å²) in [5.74, 6) is -1.55. The van der Waals surface area contributed by atoms with Crippen molar-refractivity contribution in [3.8, 4) is 17.6 Å². The lowest BCUT2D eigenvalue weighted by atomic mass is 10.1. The molecule has 0 aliphatic heterocycles. The summed E-state index contributed by atoms with van der Waals surface area (Å²) in [4.78, 5) is 37.2. The molecule has 0 aliphatic carbocycles. The molecule has 2 aromatic carbocycles. The molecule has 0 radical (unpaired) electrons. The lowest BCUT2D eigenvalue weighted by molar-refractivity contribution is -0.385. The molecule has 1 amide bonds. The fourth-order valence-electron chi connectivity index (χ4n) is 2.82. The molecule has 11 heteroatoms. The van der Waals surface area contributed by atoms with Gasteiger partial charge < -0.3 is 19.1 Å². The van der Waals surface area contributed by atoms with Gasteiger partial charge in [0.05, 0.1) is 37.7 Å². The zero-order valence-corrected chi connectivity index (χ0v) is 18.3. The van der Waals surface area contributed by atoms with Gasteiger partial charge in [0.2, 0.25) is 0 Å². The van der Waals surface area contributed by atoms with Crippen molar-refractivity contribution in [2.24, 2.45) is 0 Å². The predicted molar refractivity (Wildman–Crippen MR) is 115 cm³/mol. The molecule has 0 aromatic heterocycles. The van der Waals surface area contributed by atoms with Crippen LogP contribution in [0.4, 0.5) is 11.4 Å². The zero-order chi connectivity index (χ0) is 23.8. The van der Waals surface area contributed by atoms with Crippen molar-refractivity contribution in [3.05, 3.63) is 56.6 Å². The minimum atomic E-state index is -1.08. The highest BCUT2D eigenvalue weighted by Crippen LogP contribution is 2.34. The molecule has 2 aromatic rings. The molecule has 0 saturated heterocycles. The van der Waals surface area contributed by atoms with Crippen LogP contribution in [0.2, 0.25) is 5.02 Å². The van der Waals surface area contributed by atoms with Crippen LogP contribution in [0.3, 0.4) is 0 Å². The monoisotopic (exact) mass is 461 g/mol. The standard InChI is InChI=1S/C21H20ClN3O7/c1-13-9-14(5-6-16(13)22)24(8-4-7-23)20(26)12-32-21(27)15-10-18(30-2)19(31-3)11-17(15)25(28)29/h5-6,9-11H,4,8,12H2,1-3H3. The highest BCUT2D eigenvalue weighted by atomic mass is 35.5. The van der Waals surface area contributed by atoms with Gasteiger partial charge in [-0.05, 0) is 30.7 Å². The quantitative estimate of drug-likeness (QED) is 0.314. The fraction of sp³-hybridized carbons (Fsp3) is 0.286. The minimum absolute atomic E-state index is 0.0442. The summed E-state index contributed by atoms with van der Waals surface area (Å²) in [6.07, 6.45) is 0.0442. The third-order valence-corrected chi connectivity index (χ3v) is 4.87. The number of anilines is 1. The van der Waals surface area contributed by atoms with Crippen LogP contribution in [0.1, 0.15) is 22.3 Å². The number of hydrogen-bond donors (Lipinski definition) is 0. The van der Waals surface area contributed by atoms with Gasteiger partial charge in [-0.2, -0.15) is 5.26 Å². The third kappa shape index (κ3) is 5.65. The van der Waals surface area contributed by atoms with Crippen molar-refractivity contribution in [1.82, 2.24) is 0 Å². The molecule has 0 heterocycles. The Bertz CT molecular complexity index is 1080.